The molecule has 1 aliphatic heterocycles. The predicted octanol–water partition coefficient (Wildman–Crippen LogP) is 2.47. The van der Waals surface area contributed by atoms with Crippen molar-refractivity contribution in [1.29, 1.82) is 0 Å². The van der Waals surface area contributed by atoms with E-state index in [1.54, 1.807) is 24.8 Å². The maximum Gasteiger partial charge on any atom is 0.379 e. The number of carbonyl (C=O) groups is 2. The minimum absolute atomic E-state index is 0.225. The van der Waals surface area contributed by atoms with Gasteiger partial charge in [-0.15, -0.1) is 11.8 Å². The van der Waals surface area contributed by atoms with E-state index < -0.39 is 11.8 Å². The van der Waals surface area contributed by atoms with E-state index in [0.29, 0.717) is 10.8 Å². The van der Waals surface area contributed by atoms with Crippen molar-refractivity contribution in [3.63, 3.8) is 0 Å². The molecule has 4 heteroatoms. The molecule has 0 bridgehead atoms. The molecule has 1 atom stereocenters. The summed E-state index contributed by atoms with van der Waals surface area (Å²) < 4.78 is 4.70. The number of Topliss-reactive ketones (excluding diaryl/α,β-unsaturated/α-hetero) is 1. The molecule has 1 heterocycles. The van der Waals surface area contributed by atoms with Gasteiger partial charge in [-0.05, 0) is 37.1 Å². The molecule has 90 valence electrons. The fraction of sp³-hybridized carbons (Fsp3) is 0.385. The van der Waals surface area contributed by atoms with Gasteiger partial charge >= 0.3 is 5.97 Å². The van der Waals surface area contributed by atoms with Crippen molar-refractivity contribution in [1.82, 2.24) is 0 Å². The number of ketones is 1. The summed E-state index contributed by atoms with van der Waals surface area (Å²) in [4.78, 5) is 24.3. The number of hydrogen-bond acceptors (Lipinski definition) is 4. The van der Waals surface area contributed by atoms with Crippen molar-refractivity contribution in [2.75, 3.05) is 6.61 Å². The van der Waals surface area contributed by atoms with Gasteiger partial charge in [-0.25, -0.2) is 4.79 Å². The maximum atomic E-state index is 11.7. The highest BCUT2D eigenvalue weighted by Crippen LogP contribution is 2.37. The van der Waals surface area contributed by atoms with E-state index in [9.17, 15) is 9.59 Å². The minimum Gasteiger partial charge on any atom is -0.460 e. The lowest BCUT2D eigenvalue weighted by atomic mass is 10.0. The van der Waals surface area contributed by atoms with Crippen molar-refractivity contribution in [2.24, 2.45) is 0 Å². The van der Waals surface area contributed by atoms with Crippen LogP contribution in [0.4, 0.5) is 0 Å². The van der Waals surface area contributed by atoms with Gasteiger partial charge in [0.25, 0.3) is 5.78 Å². The van der Waals surface area contributed by atoms with E-state index in [1.807, 2.05) is 12.1 Å². The van der Waals surface area contributed by atoms with Crippen molar-refractivity contribution < 1.29 is 14.3 Å². The second kappa shape index (κ2) is 4.92. The number of carbonyl (C=O) groups excluding carboxylic acids is 2. The van der Waals surface area contributed by atoms with Crippen molar-refractivity contribution in [3.8, 4) is 0 Å². The Hall–Kier alpha value is -1.29. The molecule has 1 unspecified atom stereocenters. The lowest BCUT2D eigenvalue weighted by Gasteiger charge is -2.03. The molecule has 2 rings (SSSR count). The zero-order chi connectivity index (χ0) is 12.4. The summed E-state index contributed by atoms with van der Waals surface area (Å²) in [6, 6.07) is 5.42. The topological polar surface area (TPSA) is 43.4 Å². The van der Waals surface area contributed by atoms with Crippen LogP contribution in [0.2, 0.25) is 0 Å². The minimum atomic E-state index is -0.772. The number of ether oxygens (including phenoxy) is 1. The highest BCUT2D eigenvalue weighted by molar-refractivity contribution is 8.00. The second-order valence-electron chi connectivity index (χ2n) is 4.00. The summed E-state index contributed by atoms with van der Waals surface area (Å²) >= 11 is 1.80. The number of esters is 1. The summed E-state index contributed by atoms with van der Waals surface area (Å²) in [5.74, 6) is -1.33. The fourth-order valence-corrected chi connectivity index (χ4v) is 3.01. The molecule has 0 saturated carbocycles. The largest absolute Gasteiger partial charge is 0.460 e. The number of rotatable bonds is 3. The number of benzene rings is 1. The first kappa shape index (κ1) is 12.2. The van der Waals surface area contributed by atoms with E-state index in [1.165, 1.54) is 4.90 Å². The van der Waals surface area contributed by atoms with E-state index in [-0.39, 0.29) is 6.61 Å². The molecule has 3 nitrogen and oxygen atoms in total. The lowest BCUT2D eigenvalue weighted by Crippen LogP contribution is -2.17. The first-order chi connectivity index (χ1) is 8.11. The average Bonchev–Trinajstić information content (AvgIpc) is 2.67. The first-order valence-corrected chi connectivity index (χ1v) is 6.50. The van der Waals surface area contributed by atoms with Gasteiger partial charge in [0, 0.05) is 15.7 Å². The van der Waals surface area contributed by atoms with Crippen LogP contribution in [-0.4, -0.2) is 23.6 Å². The molecule has 0 amide bonds. The van der Waals surface area contributed by atoms with Gasteiger partial charge < -0.3 is 4.74 Å². The van der Waals surface area contributed by atoms with Gasteiger partial charge in [0.2, 0.25) is 0 Å². The third-order valence-corrected chi connectivity index (χ3v) is 3.84. The van der Waals surface area contributed by atoms with Crippen LogP contribution in [0.25, 0.3) is 0 Å². The smallest absolute Gasteiger partial charge is 0.379 e. The van der Waals surface area contributed by atoms with Crippen molar-refractivity contribution >= 4 is 23.5 Å². The van der Waals surface area contributed by atoms with Crippen LogP contribution in [0.5, 0.6) is 0 Å². The summed E-state index contributed by atoms with van der Waals surface area (Å²) in [7, 11) is 0. The quantitative estimate of drug-likeness (QED) is 0.469. The maximum absolute atomic E-state index is 11.7. The molecule has 0 aliphatic carbocycles. The van der Waals surface area contributed by atoms with Crippen LogP contribution < -0.4 is 0 Å². The summed E-state index contributed by atoms with van der Waals surface area (Å²) in [5.41, 5.74) is 1.58. The molecule has 0 spiro atoms. The monoisotopic (exact) mass is 250 g/mol. The number of hydrogen-bond donors (Lipinski definition) is 0. The van der Waals surface area contributed by atoms with Crippen LogP contribution in [0.1, 0.15) is 29.8 Å². The Morgan fingerprint density at radius 1 is 1.47 bits per heavy atom. The Morgan fingerprint density at radius 3 is 2.94 bits per heavy atom. The van der Waals surface area contributed by atoms with E-state index in [0.717, 1.165) is 12.0 Å². The first-order valence-electron chi connectivity index (χ1n) is 5.63. The zero-order valence-corrected chi connectivity index (χ0v) is 10.7. The molecule has 1 aromatic rings. The summed E-state index contributed by atoms with van der Waals surface area (Å²) in [5, 5.41) is 0.540. The summed E-state index contributed by atoms with van der Waals surface area (Å²) in [6.45, 7) is 4.06. The van der Waals surface area contributed by atoms with Gasteiger partial charge in [0.1, 0.15) is 0 Å². The number of fused-ring (bicyclic) bond motifs is 1. The SMILES string of the molecule is CCOC(=O)C(=O)c1ccc2c(c1)CC(C)S2. The average molecular weight is 250 g/mol. The Morgan fingerprint density at radius 2 is 2.24 bits per heavy atom. The van der Waals surface area contributed by atoms with Gasteiger partial charge in [-0.2, -0.15) is 0 Å². The van der Waals surface area contributed by atoms with Crippen LogP contribution >= 0.6 is 11.8 Å². The van der Waals surface area contributed by atoms with Crippen molar-refractivity contribution in [3.05, 3.63) is 29.3 Å². The lowest BCUT2D eigenvalue weighted by molar-refractivity contribution is -0.137. The molecular weight excluding hydrogens is 236 g/mol. The van der Waals surface area contributed by atoms with Crippen molar-refractivity contribution in [2.45, 2.75) is 30.4 Å². The zero-order valence-electron chi connectivity index (χ0n) is 9.86. The van der Waals surface area contributed by atoms with Crippen LogP contribution in [0, 0.1) is 0 Å². The Bertz CT molecular complexity index is 468. The molecule has 1 aromatic carbocycles. The highest BCUT2D eigenvalue weighted by Gasteiger charge is 2.22. The van der Waals surface area contributed by atoms with Gasteiger partial charge in [-0.3, -0.25) is 4.79 Å². The van der Waals surface area contributed by atoms with E-state index in [4.69, 9.17) is 4.74 Å². The molecule has 0 fully saturated rings. The third kappa shape index (κ3) is 2.52. The van der Waals surface area contributed by atoms with Gasteiger partial charge in [0.05, 0.1) is 6.61 Å². The van der Waals surface area contributed by atoms with E-state index >= 15 is 0 Å². The fourth-order valence-electron chi connectivity index (χ4n) is 1.88. The van der Waals surface area contributed by atoms with Gasteiger partial charge in [-0.1, -0.05) is 6.92 Å². The molecule has 0 N–H and O–H groups in total. The predicted molar refractivity (Wildman–Crippen MR) is 66.4 cm³/mol. The standard InChI is InChI=1S/C13H14O3S/c1-3-16-13(15)12(14)9-4-5-11-10(7-9)6-8(2)17-11/h4-5,7-8H,3,6H2,1-2H3. The third-order valence-electron chi connectivity index (χ3n) is 2.62. The van der Waals surface area contributed by atoms with Crippen LogP contribution in [0.15, 0.2) is 23.1 Å². The Kier molecular flexibility index (Phi) is 3.52. The van der Waals surface area contributed by atoms with Crippen LogP contribution in [0.3, 0.4) is 0 Å². The highest BCUT2D eigenvalue weighted by atomic mass is 32.2. The molecular formula is C13H14O3S. The second-order valence-corrected chi connectivity index (χ2v) is 5.48. The molecule has 17 heavy (non-hydrogen) atoms. The molecule has 0 aromatic heterocycles. The van der Waals surface area contributed by atoms with E-state index in [2.05, 4.69) is 6.92 Å². The number of thioether (sulfide) groups is 1. The normalized spacial score (nSPS) is 17.6. The summed E-state index contributed by atoms with van der Waals surface area (Å²) in [6.07, 6.45) is 0.948. The van der Waals surface area contributed by atoms with Crippen LogP contribution in [-0.2, 0) is 16.0 Å². The Balaban J connectivity index is 2.21. The molecule has 0 saturated heterocycles. The molecule has 0 radical (unpaired) electrons. The van der Waals surface area contributed by atoms with Gasteiger partial charge in [0.15, 0.2) is 0 Å². The molecule has 1 aliphatic rings. The Labute approximate surface area is 105 Å².